The number of rotatable bonds is 9. The number of hydrogen-bond acceptors (Lipinski definition) is 5. The van der Waals surface area contributed by atoms with Gasteiger partial charge >= 0.3 is 0 Å². The van der Waals surface area contributed by atoms with E-state index in [0.29, 0.717) is 9.99 Å². The third-order valence-electron chi connectivity index (χ3n) is 6.50. The van der Waals surface area contributed by atoms with Gasteiger partial charge in [0.05, 0.1) is 21.2 Å². The van der Waals surface area contributed by atoms with E-state index < -0.39 is 38.3 Å². The maximum Gasteiger partial charge on any atom is 0.264 e. The fourth-order valence-corrected chi connectivity index (χ4v) is 6.87. The highest BCUT2D eigenvalue weighted by atomic mass is 32.2. The summed E-state index contributed by atoms with van der Waals surface area (Å²) in [4.78, 5) is 12.9. The van der Waals surface area contributed by atoms with Gasteiger partial charge in [-0.1, -0.05) is 66.2 Å². The Morgan fingerprint density at radius 2 is 1.36 bits per heavy atom. The molecule has 0 aliphatic rings. The van der Waals surface area contributed by atoms with Crippen LogP contribution in [-0.4, -0.2) is 29.3 Å². The van der Waals surface area contributed by atoms with Crippen molar-refractivity contribution < 1.29 is 26.0 Å². The first-order valence-electron chi connectivity index (χ1n) is 12.8. The topological polar surface area (TPSA) is 113 Å². The Kier molecular flexibility index (Phi) is 7.97. The summed E-state index contributed by atoms with van der Waals surface area (Å²) in [5.41, 5.74) is 1.20. The van der Waals surface area contributed by atoms with Crippen LogP contribution in [0.3, 0.4) is 0 Å². The number of aryl methyl sites for hydroxylation is 1. The number of benzene rings is 5. The molecule has 8 nitrogen and oxygen atoms in total. The molecule has 42 heavy (non-hydrogen) atoms. The van der Waals surface area contributed by atoms with E-state index in [4.69, 9.17) is 0 Å². The molecule has 0 saturated heterocycles. The molecule has 0 atom stereocenters. The largest absolute Gasteiger partial charge is 0.325 e. The molecule has 0 aliphatic heterocycles. The van der Waals surface area contributed by atoms with Crippen LogP contribution >= 0.6 is 0 Å². The van der Waals surface area contributed by atoms with Crippen LogP contribution in [0.4, 0.5) is 21.5 Å². The number of para-hydroxylation sites is 1. The second-order valence-corrected chi connectivity index (χ2v) is 13.0. The lowest BCUT2D eigenvalue weighted by molar-refractivity contribution is -0.114. The zero-order valence-electron chi connectivity index (χ0n) is 22.4. The lowest BCUT2D eigenvalue weighted by Crippen LogP contribution is -2.38. The predicted octanol–water partition coefficient (Wildman–Crippen LogP) is 5.92. The third kappa shape index (κ3) is 6.12. The van der Waals surface area contributed by atoms with Gasteiger partial charge in [-0.05, 0) is 66.9 Å². The Bertz CT molecular complexity index is 1970. The van der Waals surface area contributed by atoms with Crippen LogP contribution in [-0.2, 0) is 24.8 Å². The Morgan fingerprint density at radius 3 is 2.07 bits per heavy atom. The molecule has 0 fully saturated rings. The number of amides is 1. The van der Waals surface area contributed by atoms with Crippen molar-refractivity contribution in [1.82, 2.24) is 0 Å². The third-order valence-corrected chi connectivity index (χ3v) is 9.66. The number of carbonyl (C=O) groups is 1. The lowest BCUT2D eigenvalue weighted by atomic mass is 10.1. The van der Waals surface area contributed by atoms with Gasteiger partial charge < -0.3 is 5.32 Å². The predicted molar refractivity (Wildman–Crippen MR) is 162 cm³/mol. The summed E-state index contributed by atoms with van der Waals surface area (Å²) in [5, 5.41) is 4.19. The standard InChI is InChI=1S/C31H26FN3O5S2/c1-22-13-17-26(18-14-22)42(39,40)35(30-12-5-4-10-28(30)32)21-31(36)33-24-15-19-25(20-16-24)41(37,38)34-29-11-6-8-23-7-2-3-9-27(23)29/h2-20,34H,21H2,1H3,(H,33,36). The van der Waals surface area contributed by atoms with Crippen LogP contribution in [0.5, 0.6) is 0 Å². The molecule has 0 aromatic heterocycles. The molecule has 0 radical (unpaired) electrons. The van der Waals surface area contributed by atoms with E-state index in [-0.39, 0.29) is 21.2 Å². The SMILES string of the molecule is Cc1ccc(S(=O)(=O)N(CC(=O)Nc2ccc(S(=O)(=O)Nc3cccc4ccccc34)cc2)c2ccccc2F)cc1. The Morgan fingerprint density at radius 1 is 0.738 bits per heavy atom. The molecule has 0 bridgehead atoms. The summed E-state index contributed by atoms with van der Waals surface area (Å²) in [5.74, 6) is -1.56. The quantitative estimate of drug-likeness (QED) is 0.217. The number of carbonyl (C=O) groups excluding carboxylic acids is 1. The lowest BCUT2D eigenvalue weighted by Gasteiger charge is -2.24. The van der Waals surface area contributed by atoms with Gasteiger partial charge in [0, 0.05) is 11.1 Å². The molecule has 214 valence electrons. The van der Waals surface area contributed by atoms with Crippen molar-refractivity contribution in [2.75, 3.05) is 20.9 Å². The summed E-state index contributed by atoms with van der Waals surface area (Å²) in [6.45, 7) is 1.08. The minimum atomic E-state index is -4.31. The number of nitrogens with one attached hydrogen (secondary N) is 2. The Hall–Kier alpha value is -4.74. The second-order valence-electron chi connectivity index (χ2n) is 9.48. The monoisotopic (exact) mass is 603 g/mol. The van der Waals surface area contributed by atoms with Gasteiger partial charge in [-0.3, -0.25) is 13.8 Å². The van der Waals surface area contributed by atoms with E-state index in [0.717, 1.165) is 22.4 Å². The minimum Gasteiger partial charge on any atom is -0.325 e. The van der Waals surface area contributed by atoms with E-state index in [2.05, 4.69) is 10.0 Å². The summed E-state index contributed by atoms with van der Waals surface area (Å²) in [7, 11) is -8.26. The first-order chi connectivity index (χ1) is 20.0. The first kappa shape index (κ1) is 28.8. The van der Waals surface area contributed by atoms with E-state index in [1.165, 1.54) is 54.6 Å². The number of nitrogens with zero attached hydrogens (tertiary/aromatic N) is 1. The fraction of sp³-hybridized carbons (Fsp3) is 0.0645. The Balaban J connectivity index is 1.35. The van der Waals surface area contributed by atoms with Gasteiger partial charge in [0.1, 0.15) is 12.4 Å². The molecular weight excluding hydrogens is 577 g/mol. The van der Waals surface area contributed by atoms with Gasteiger partial charge in [0.25, 0.3) is 20.0 Å². The zero-order chi connectivity index (χ0) is 29.9. The molecule has 0 heterocycles. The molecule has 1 amide bonds. The van der Waals surface area contributed by atoms with E-state index in [1.807, 2.05) is 30.3 Å². The average molecular weight is 604 g/mol. The number of fused-ring (bicyclic) bond motifs is 1. The second kappa shape index (κ2) is 11.6. The highest BCUT2D eigenvalue weighted by molar-refractivity contribution is 7.93. The number of anilines is 3. The molecule has 2 N–H and O–H groups in total. The van der Waals surface area contributed by atoms with Crippen LogP contribution in [0.1, 0.15) is 5.56 Å². The van der Waals surface area contributed by atoms with Crippen LogP contribution < -0.4 is 14.3 Å². The average Bonchev–Trinajstić information content (AvgIpc) is 2.97. The molecule has 5 aromatic carbocycles. The number of halogens is 1. The molecule has 0 spiro atoms. The molecule has 0 aliphatic carbocycles. The van der Waals surface area contributed by atoms with Gasteiger partial charge in [0.15, 0.2) is 0 Å². The van der Waals surface area contributed by atoms with Crippen molar-refractivity contribution in [3.05, 3.63) is 127 Å². The van der Waals surface area contributed by atoms with Gasteiger partial charge in [-0.2, -0.15) is 0 Å². The van der Waals surface area contributed by atoms with E-state index >= 15 is 0 Å². The smallest absolute Gasteiger partial charge is 0.264 e. The van der Waals surface area contributed by atoms with Crippen LogP contribution in [0.25, 0.3) is 10.8 Å². The van der Waals surface area contributed by atoms with Crippen molar-refractivity contribution in [2.45, 2.75) is 16.7 Å². The summed E-state index contributed by atoms with van der Waals surface area (Å²) < 4.78 is 71.1. The van der Waals surface area contributed by atoms with E-state index in [1.54, 1.807) is 31.2 Å². The summed E-state index contributed by atoms with van der Waals surface area (Å²) in [6.07, 6.45) is 0. The van der Waals surface area contributed by atoms with Crippen LogP contribution in [0.2, 0.25) is 0 Å². The summed E-state index contributed by atoms with van der Waals surface area (Å²) in [6, 6.07) is 29.4. The van der Waals surface area contributed by atoms with Crippen molar-refractivity contribution in [3.8, 4) is 0 Å². The van der Waals surface area contributed by atoms with Gasteiger partial charge in [-0.15, -0.1) is 0 Å². The van der Waals surface area contributed by atoms with Crippen LogP contribution in [0.15, 0.2) is 125 Å². The van der Waals surface area contributed by atoms with Gasteiger partial charge in [0.2, 0.25) is 5.91 Å². The number of hydrogen-bond donors (Lipinski definition) is 2. The molecular formula is C31H26FN3O5S2. The van der Waals surface area contributed by atoms with Gasteiger partial charge in [-0.25, -0.2) is 21.2 Å². The van der Waals surface area contributed by atoms with Crippen molar-refractivity contribution >= 4 is 53.8 Å². The molecule has 5 aromatic rings. The maximum absolute atomic E-state index is 14.7. The maximum atomic E-state index is 14.7. The molecule has 0 unspecified atom stereocenters. The van der Waals surface area contributed by atoms with E-state index in [9.17, 15) is 26.0 Å². The minimum absolute atomic E-state index is 0.0386. The number of sulfonamides is 2. The molecule has 5 rings (SSSR count). The van der Waals surface area contributed by atoms with Crippen molar-refractivity contribution in [3.63, 3.8) is 0 Å². The van der Waals surface area contributed by atoms with Crippen molar-refractivity contribution in [1.29, 1.82) is 0 Å². The molecule has 11 heteroatoms. The normalized spacial score (nSPS) is 11.7. The fourth-order valence-electron chi connectivity index (χ4n) is 4.36. The summed E-state index contributed by atoms with van der Waals surface area (Å²) >= 11 is 0. The Labute approximate surface area is 243 Å². The van der Waals surface area contributed by atoms with Crippen LogP contribution in [0, 0.1) is 12.7 Å². The highest BCUT2D eigenvalue weighted by Gasteiger charge is 2.29. The first-order valence-corrected chi connectivity index (χ1v) is 15.7. The van der Waals surface area contributed by atoms with Crippen molar-refractivity contribution in [2.24, 2.45) is 0 Å². The molecule has 0 saturated carbocycles. The highest BCUT2D eigenvalue weighted by Crippen LogP contribution is 2.28. The zero-order valence-corrected chi connectivity index (χ0v) is 24.0.